The second-order valence-electron chi connectivity index (χ2n) is 4.03. The van der Waals surface area contributed by atoms with Crippen LogP contribution in [-0.4, -0.2) is 28.6 Å². The van der Waals surface area contributed by atoms with Crippen molar-refractivity contribution in [3.63, 3.8) is 0 Å². The molecular formula is C10H19BOS. The summed E-state index contributed by atoms with van der Waals surface area (Å²) in [5, 5.41) is 0.443. The van der Waals surface area contributed by atoms with Gasteiger partial charge in [0.2, 0.25) is 0 Å². The molecule has 0 aromatic heterocycles. The van der Waals surface area contributed by atoms with Crippen LogP contribution in [0.2, 0.25) is 5.82 Å². The van der Waals surface area contributed by atoms with Gasteiger partial charge in [-0.1, -0.05) is 0 Å². The van der Waals surface area contributed by atoms with Gasteiger partial charge in [0.1, 0.15) is 0 Å². The molecule has 0 N–H and O–H groups in total. The molecule has 1 aliphatic heterocycles. The third kappa shape index (κ3) is 2.76. The summed E-state index contributed by atoms with van der Waals surface area (Å²) < 4.78 is 11.7. The summed E-state index contributed by atoms with van der Waals surface area (Å²) in [7, 11) is -0.561. The molecule has 13 heavy (non-hydrogen) atoms. The molecule has 74 valence electrons. The van der Waals surface area contributed by atoms with Crippen molar-refractivity contribution in [3.05, 3.63) is 0 Å². The molecule has 0 bridgehead atoms. The van der Waals surface area contributed by atoms with E-state index >= 15 is 0 Å². The third-order valence-electron chi connectivity index (χ3n) is 3.08. The van der Waals surface area contributed by atoms with Gasteiger partial charge in [-0.15, -0.1) is 0 Å². The molecule has 1 saturated heterocycles. The van der Waals surface area contributed by atoms with Gasteiger partial charge in [-0.3, -0.25) is 0 Å². The first-order chi connectivity index (χ1) is 6.19. The summed E-state index contributed by atoms with van der Waals surface area (Å²) in [6.45, 7) is 10.1. The molecule has 3 heteroatoms. The van der Waals surface area contributed by atoms with E-state index in [0.717, 1.165) is 18.6 Å². The molecule has 3 unspecified atom stereocenters. The van der Waals surface area contributed by atoms with Gasteiger partial charge in [-0.05, 0) is 0 Å². The normalized spacial score (nSPS) is 35.7. The molecule has 0 spiro atoms. The summed E-state index contributed by atoms with van der Waals surface area (Å²) in [6.07, 6.45) is 3.41. The Labute approximate surface area is 84.7 Å². The molecule has 0 aromatic rings. The molecule has 1 fully saturated rings. The van der Waals surface area contributed by atoms with E-state index in [0.29, 0.717) is 17.0 Å². The molecule has 0 aliphatic carbocycles. The summed E-state index contributed by atoms with van der Waals surface area (Å²) in [4.78, 5) is 0. The van der Waals surface area contributed by atoms with Crippen LogP contribution in [0, 0.1) is 5.92 Å². The van der Waals surface area contributed by atoms with Crippen molar-refractivity contribution in [1.29, 1.82) is 0 Å². The van der Waals surface area contributed by atoms with Gasteiger partial charge in [0.05, 0.1) is 0 Å². The number of hydrogen-bond acceptors (Lipinski definition) is 1. The predicted octanol–water partition coefficient (Wildman–Crippen LogP) is 1.87. The first-order valence-electron chi connectivity index (χ1n) is 5.18. The van der Waals surface area contributed by atoms with Gasteiger partial charge >= 0.3 is 84.2 Å². The molecule has 1 nitrogen and oxygen atoms in total. The Bertz CT molecular complexity index is 205. The van der Waals surface area contributed by atoms with Crippen molar-refractivity contribution in [2.24, 2.45) is 5.92 Å². The van der Waals surface area contributed by atoms with Crippen molar-refractivity contribution in [3.8, 4) is 0 Å². The first-order valence-corrected chi connectivity index (χ1v) is 6.57. The Morgan fingerprint density at radius 2 is 2.38 bits per heavy atom. The van der Waals surface area contributed by atoms with Crippen LogP contribution in [-0.2, 0) is 10.8 Å². The van der Waals surface area contributed by atoms with Crippen molar-refractivity contribution in [2.75, 3.05) is 5.75 Å². The first kappa shape index (κ1) is 11.2. The van der Waals surface area contributed by atoms with Crippen molar-refractivity contribution in [2.45, 2.75) is 44.2 Å². The van der Waals surface area contributed by atoms with Crippen molar-refractivity contribution >= 4 is 24.2 Å². The maximum absolute atomic E-state index is 11.7. The zero-order valence-corrected chi connectivity index (χ0v) is 9.48. The molecule has 0 aromatic carbocycles. The SMILES string of the molecule is C=BC(C)C[C@@H]1C(CC)CCS1=O. The van der Waals surface area contributed by atoms with Gasteiger partial charge in [-0.2, -0.15) is 0 Å². The van der Waals surface area contributed by atoms with Crippen molar-refractivity contribution in [1.82, 2.24) is 0 Å². The van der Waals surface area contributed by atoms with E-state index < -0.39 is 10.8 Å². The zero-order valence-electron chi connectivity index (χ0n) is 8.66. The van der Waals surface area contributed by atoms with E-state index in [9.17, 15) is 4.21 Å². The Morgan fingerprint density at radius 1 is 1.69 bits per heavy atom. The average molecular weight is 198 g/mol. The van der Waals surface area contributed by atoms with Crippen LogP contribution in [0.5, 0.6) is 0 Å². The average Bonchev–Trinajstić information content (AvgIpc) is 2.48. The fourth-order valence-electron chi connectivity index (χ4n) is 2.05. The van der Waals surface area contributed by atoms with Crippen LogP contribution < -0.4 is 0 Å². The fraction of sp³-hybridized carbons (Fsp3) is 0.900. The van der Waals surface area contributed by atoms with Gasteiger partial charge in [0, 0.05) is 0 Å². The van der Waals surface area contributed by atoms with Gasteiger partial charge in [0.25, 0.3) is 0 Å². The van der Waals surface area contributed by atoms with Crippen molar-refractivity contribution < 1.29 is 4.21 Å². The molecule has 1 rings (SSSR count). The zero-order chi connectivity index (χ0) is 9.84. The minimum atomic E-state index is -0.561. The Kier molecular flexibility index (Phi) is 4.37. The van der Waals surface area contributed by atoms with Gasteiger partial charge in [-0.25, -0.2) is 0 Å². The standard InChI is InChI=1S/C10H19BOS/c1-4-9-5-6-13(12)10(9)7-8(2)11-3/h8-10H,3-7H2,1-2H3/t8?,9?,10-,13?/m1/s1. The molecule has 1 heterocycles. The summed E-state index contributed by atoms with van der Waals surface area (Å²) in [5.41, 5.74) is 0. The van der Waals surface area contributed by atoms with E-state index in [1.54, 1.807) is 0 Å². The van der Waals surface area contributed by atoms with Crippen LogP contribution in [0.1, 0.15) is 33.1 Å². The fourth-order valence-corrected chi connectivity index (χ4v) is 4.16. The van der Waals surface area contributed by atoms with Crippen LogP contribution in [0.15, 0.2) is 0 Å². The molecule has 0 saturated carbocycles. The molecule has 4 atom stereocenters. The van der Waals surface area contributed by atoms with Gasteiger partial charge in [0.15, 0.2) is 0 Å². The van der Waals surface area contributed by atoms with Crippen LogP contribution in [0.25, 0.3) is 0 Å². The summed E-state index contributed by atoms with van der Waals surface area (Å²) in [5.74, 6) is 2.14. The van der Waals surface area contributed by atoms with Gasteiger partial charge < -0.3 is 0 Å². The van der Waals surface area contributed by atoms with E-state index in [-0.39, 0.29) is 0 Å². The minimum absolute atomic E-state index is 0.443. The molecule has 0 radical (unpaired) electrons. The number of rotatable bonds is 4. The molecule has 0 amide bonds. The second kappa shape index (κ2) is 5.09. The topological polar surface area (TPSA) is 17.1 Å². The third-order valence-corrected chi connectivity index (χ3v) is 4.97. The predicted molar refractivity (Wildman–Crippen MR) is 62.1 cm³/mol. The molecule has 1 aliphatic rings. The molecular weight excluding hydrogens is 179 g/mol. The number of hydrogen-bond donors (Lipinski definition) is 0. The summed E-state index contributed by atoms with van der Waals surface area (Å²) >= 11 is 0. The van der Waals surface area contributed by atoms with E-state index in [1.165, 1.54) is 6.42 Å². The summed E-state index contributed by atoms with van der Waals surface area (Å²) in [6, 6.07) is 0. The quantitative estimate of drug-likeness (QED) is 0.630. The van der Waals surface area contributed by atoms with E-state index in [4.69, 9.17) is 0 Å². The maximum atomic E-state index is 11.7. The van der Waals surface area contributed by atoms with Crippen LogP contribution in [0.4, 0.5) is 0 Å². The second-order valence-corrected chi connectivity index (χ2v) is 5.80. The monoisotopic (exact) mass is 198 g/mol. The Morgan fingerprint density at radius 3 is 2.92 bits per heavy atom. The van der Waals surface area contributed by atoms with Crippen LogP contribution >= 0.6 is 0 Å². The Hall–Kier alpha value is 0.0849. The Balaban J connectivity index is 2.54. The van der Waals surface area contributed by atoms with E-state index in [1.807, 2.05) is 6.92 Å². The van der Waals surface area contributed by atoms with Crippen LogP contribution in [0.3, 0.4) is 0 Å². The van der Waals surface area contributed by atoms with E-state index in [2.05, 4.69) is 20.3 Å².